The van der Waals surface area contributed by atoms with E-state index in [9.17, 15) is 4.79 Å². The topological polar surface area (TPSA) is 59.3 Å². The van der Waals surface area contributed by atoms with Gasteiger partial charge in [-0.3, -0.25) is 0 Å². The van der Waals surface area contributed by atoms with Crippen LogP contribution in [0, 0.1) is 11.3 Å². The molecule has 1 aromatic rings. The zero-order valence-electron chi connectivity index (χ0n) is 9.71. The van der Waals surface area contributed by atoms with E-state index in [2.05, 4.69) is 0 Å². The highest BCUT2D eigenvalue weighted by molar-refractivity contribution is 5.87. The SMILES string of the molecule is COc1cccc(/C=C/C(=O)O[C@@H](C)C#N)c1. The Labute approximate surface area is 100 Å². The summed E-state index contributed by atoms with van der Waals surface area (Å²) in [5.41, 5.74) is 0.825. The molecule has 0 spiro atoms. The average Bonchev–Trinajstić information content (AvgIpc) is 2.36. The number of carbonyl (C=O) groups is 1. The van der Waals surface area contributed by atoms with Crippen molar-refractivity contribution in [2.45, 2.75) is 13.0 Å². The zero-order chi connectivity index (χ0) is 12.7. The molecule has 0 saturated carbocycles. The summed E-state index contributed by atoms with van der Waals surface area (Å²) in [5.74, 6) is 0.174. The van der Waals surface area contributed by atoms with Gasteiger partial charge in [-0.15, -0.1) is 0 Å². The fraction of sp³-hybridized carbons (Fsp3) is 0.231. The van der Waals surface area contributed by atoms with Crippen molar-refractivity contribution in [3.63, 3.8) is 0 Å². The molecule has 0 aliphatic rings. The van der Waals surface area contributed by atoms with Crippen LogP contribution in [-0.4, -0.2) is 19.2 Å². The Morgan fingerprint density at radius 2 is 2.29 bits per heavy atom. The first-order valence-electron chi connectivity index (χ1n) is 5.08. The Morgan fingerprint density at radius 3 is 2.94 bits per heavy atom. The number of hydrogen-bond donors (Lipinski definition) is 0. The van der Waals surface area contributed by atoms with Crippen LogP contribution >= 0.6 is 0 Å². The van der Waals surface area contributed by atoms with E-state index in [-0.39, 0.29) is 0 Å². The molecule has 4 heteroatoms. The molecule has 0 aromatic heterocycles. The predicted molar refractivity (Wildman–Crippen MR) is 63.2 cm³/mol. The van der Waals surface area contributed by atoms with Gasteiger partial charge in [0.25, 0.3) is 0 Å². The quantitative estimate of drug-likeness (QED) is 0.588. The molecule has 17 heavy (non-hydrogen) atoms. The van der Waals surface area contributed by atoms with E-state index >= 15 is 0 Å². The summed E-state index contributed by atoms with van der Waals surface area (Å²) in [6.07, 6.45) is 2.15. The van der Waals surface area contributed by atoms with E-state index in [1.54, 1.807) is 19.3 Å². The highest BCUT2D eigenvalue weighted by atomic mass is 16.5. The number of ether oxygens (including phenoxy) is 2. The minimum atomic E-state index is -0.738. The maximum absolute atomic E-state index is 11.2. The summed E-state index contributed by atoms with van der Waals surface area (Å²) in [5, 5.41) is 8.47. The highest BCUT2D eigenvalue weighted by Crippen LogP contribution is 2.13. The summed E-state index contributed by atoms with van der Waals surface area (Å²) in [4.78, 5) is 11.2. The van der Waals surface area contributed by atoms with Gasteiger partial charge >= 0.3 is 5.97 Å². The van der Waals surface area contributed by atoms with Crippen molar-refractivity contribution in [1.29, 1.82) is 5.26 Å². The van der Waals surface area contributed by atoms with Gasteiger partial charge in [0.15, 0.2) is 6.10 Å². The van der Waals surface area contributed by atoms with Gasteiger partial charge in [0.2, 0.25) is 0 Å². The maximum atomic E-state index is 11.2. The number of nitrogens with zero attached hydrogens (tertiary/aromatic N) is 1. The molecule has 0 N–H and O–H groups in total. The van der Waals surface area contributed by atoms with E-state index in [0.29, 0.717) is 5.75 Å². The van der Waals surface area contributed by atoms with Crippen molar-refractivity contribution in [2.75, 3.05) is 7.11 Å². The fourth-order valence-corrected chi connectivity index (χ4v) is 1.15. The Kier molecular flexibility index (Phi) is 4.77. The van der Waals surface area contributed by atoms with Gasteiger partial charge in [-0.25, -0.2) is 4.79 Å². The van der Waals surface area contributed by atoms with Crippen LogP contribution in [0.4, 0.5) is 0 Å². The van der Waals surface area contributed by atoms with Crippen LogP contribution < -0.4 is 4.74 Å². The molecule has 4 nitrogen and oxygen atoms in total. The lowest BCUT2D eigenvalue weighted by Crippen LogP contribution is -2.10. The van der Waals surface area contributed by atoms with Gasteiger partial charge < -0.3 is 9.47 Å². The van der Waals surface area contributed by atoms with E-state index in [1.807, 2.05) is 24.3 Å². The number of hydrogen-bond acceptors (Lipinski definition) is 4. The Morgan fingerprint density at radius 1 is 1.53 bits per heavy atom. The summed E-state index contributed by atoms with van der Waals surface area (Å²) < 4.78 is 9.81. The monoisotopic (exact) mass is 231 g/mol. The second kappa shape index (κ2) is 6.33. The van der Waals surface area contributed by atoms with Crippen LogP contribution in [0.3, 0.4) is 0 Å². The Bertz CT molecular complexity index is 460. The number of esters is 1. The van der Waals surface area contributed by atoms with Gasteiger partial charge in [0, 0.05) is 6.08 Å². The van der Waals surface area contributed by atoms with Crippen molar-refractivity contribution in [3.8, 4) is 11.8 Å². The summed E-state index contributed by atoms with van der Waals surface area (Å²) in [6, 6.07) is 9.07. The van der Waals surface area contributed by atoms with E-state index in [0.717, 1.165) is 5.56 Å². The molecule has 0 aliphatic heterocycles. The minimum absolute atomic E-state index is 0.540. The molecule has 88 valence electrons. The molecule has 0 radical (unpaired) electrons. The molecule has 0 fully saturated rings. The first-order valence-corrected chi connectivity index (χ1v) is 5.08. The van der Waals surface area contributed by atoms with Gasteiger partial charge in [-0.05, 0) is 30.7 Å². The van der Waals surface area contributed by atoms with Crippen molar-refractivity contribution < 1.29 is 14.3 Å². The van der Waals surface area contributed by atoms with Crippen molar-refractivity contribution in [3.05, 3.63) is 35.9 Å². The first kappa shape index (κ1) is 12.8. The third-order valence-electron chi connectivity index (χ3n) is 1.98. The van der Waals surface area contributed by atoms with Gasteiger partial charge in [0.05, 0.1) is 7.11 Å². The second-order valence-corrected chi connectivity index (χ2v) is 3.32. The molecule has 0 bridgehead atoms. The zero-order valence-corrected chi connectivity index (χ0v) is 9.71. The molecule has 0 saturated heterocycles. The number of rotatable bonds is 4. The number of carbonyl (C=O) groups excluding carboxylic acids is 1. The minimum Gasteiger partial charge on any atom is -0.497 e. The Hall–Kier alpha value is -2.28. The molecule has 1 aromatic carbocycles. The van der Waals surface area contributed by atoms with Crippen molar-refractivity contribution >= 4 is 12.0 Å². The largest absolute Gasteiger partial charge is 0.497 e. The van der Waals surface area contributed by atoms with Gasteiger partial charge in [-0.2, -0.15) is 5.26 Å². The second-order valence-electron chi connectivity index (χ2n) is 3.32. The maximum Gasteiger partial charge on any atom is 0.332 e. The normalized spacial score (nSPS) is 11.8. The van der Waals surface area contributed by atoms with Crippen LogP contribution in [0.2, 0.25) is 0 Å². The molecule has 1 atom stereocenters. The molecule has 0 amide bonds. The molecule has 0 unspecified atom stereocenters. The highest BCUT2D eigenvalue weighted by Gasteiger charge is 2.03. The molecular weight excluding hydrogens is 218 g/mol. The van der Waals surface area contributed by atoms with Crippen LogP contribution in [0.5, 0.6) is 5.75 Å². The molecule has 0 heterocycles. The summed E-state index contributed by atoms with van der Waals surface area (Å²) in [7, 11) is 1.58. The van der Waals surface area contributed by atoms with Crippen LogP contribution in [0.25, 0.3) is 6.08 Å². The summed E-state index contributed by atoms with van der Waals surface area (Å²) in [6.45, 7) is 1.51. The smallest absolute Gasteiger partial charge is 0.332 e. The number of nitriles is 1. The van der Waals surface area contributed by atoms with Gasteiger partial charge in [-0.1, -0.05) is 12.1 Å². The molecule has 0 aliphatic carbocycles. The average molecular weight is 231 g/mol. The van der Waals surface area contributed by atoms with Crippen LogP contribution in [0.15, 0.2) is 30.3 Å². The van der Waals surface area contributed by atoms with E-state index in [4.69, 9.17) is 14.7 Å². The standard InChI is InChI=1S/C13H13NO3/c1-10(9-14)17-13(15)7-6-11-4-3-5-12(8-11)16-2/h3-8,10H,1-2H3/b7-6+/t10-/m0/s1. The van der Waals surface area contributed by atoms with E-state index < -0.39 is 12.1 Å². The number of methoxy groups -OCH3 is 1. The first-order chi connectivity index (χ1) is 8.15. The lowest BCUT2D eigenvalue weighted by molar-refractivity contribution is -0.139. The Balaban J connectivity index is 2.64. The number of benzene rings is 1. The fourth-order valence-electron chi connectivity index (χ4n) is 1.15. The molecule has 1 rings (SSSR count). The van der Waals surface area contributed by atoms with Gasteiger partial charge in [0.1, 0.15) is 11.8 Å². The third-order valence-corrected chi connectivity index (χ3v) is 1.98. The third kappa shape index (κ3) is 4.39. The van der Waals surface area contributed by atoms with Crippen molar-refractivity contribution in [2.24, 2.45) is 0 Å². The lowest BCUT2D eigenvalue weighted by atomic mass is 10.2. The lowest BCUT2D eigenvalue weighted by Gasteiger charge is -2.02. The van der Waals surface area contributed by atoms with Crippen molar-refractivity contribution in [1.82, 2.24) is 0 Å². The van der Waals surface area contributed by atoms with Crippen LogP contribution in [0.1, 0.15) is 12.5 Å². The molecular formula is C13H13NO3. The van der Waals surface area contributed by atoms with E-state index in [1.165, 1.54) is 13.0 Å². The predicted octanol–water partition coefficient (Wildman–Crippen LogP) is 2.16. The van der Waals surface area contributed by atoms with Crippen LogP contribution in [-0.2, 0) is 9.53 Å². The summed E-state index contributed by atoms with van der Waals surface area (Å²) >= 11 is 0.